The minimum absolute atomic E-state index is 0.122. The van der Waals surface area contributed by atoms with Gasteiger partial charge in [-0.3, -0.25) is 10.1 Å². The Labute approximate surface area is 82.1 Å². The summed E-state index contributed by atoms with van der Waals surface area (Å²) in [6.45, 7) is 1.54. The van der Waals surface area contributed by atoms with Crippen LogP contribution in [0.2, 0.25) is 0 Å². The topological polar surface area (TPSA) is 82.8 Å². The van der Waals surface area contributed by atoms with E-state index in [4.69, 9.17) is 0 Å². The summed E-state index contributed by atoms with van der Waals surface area (Å²) in [7, 11) is 0. The van der Waals surface area contributed by atoms with Crippen LogP contribution in [0.15, 0.2) is 24.3 Å². The maximum absolute atomic E-state index is 10.6. The number of anilines is 1. The molecule has 1 aromatic rings. The summed E-state index contributed by atoms with van der Waals surface area (Å²) in [4.78, 5) is 10.2. The number of quaternary nitrogens is 1. The molecular weight excluding hydrogens is 182 g/mol. The Balaban J connectivity index is 2.69. The van der Waals surface area contributed by atoms with Gasteiger partial charge in [0.1, 0.15) is 5.69 Å². The Morgan fingerprint density at radius 2 is 2.14 bits per heavy atom. The predicted octanol–water partition coefficient (Wildman–Crippen LogP) is 0.639. The standard InChI is InChI=1S/C9H13N3O2/c10-6-3-7-11-8-4-1-2-5-9(8)12(13)14/h1-2,4-5,11H,3,6-7,10H2/p+1. The lowest BCUT2D eigenvalue weighted by atomic mass is 10.2. The summed E-state index contributed by atoms with van der Waals surface area (Å²) in [6, 6.07) is 6.64. The van der Waals surface area contributed by atoms with Crippen LogP contribution in [-0.4, -0.2) is 18.0 Å². The average molecular weight is 196 g/mol. The molecule has 0 bridgehead atoms. The average Bonchev–Trinajstić information content (AvgIpc) is 2.19. The summed E-state index contributed by atoms with van der Waals surface area (Å²) < 4.78 is 0. The van der Waals surface area contributed by atoms with Gasteiger partial charge in [-0.2, -0.15) is 0 Å². The highest BCUT2D eigenvalue weighted by Crippen LogP contribution is 2.22. The van der Waals surface area contributed by atoms with Gasteiger partial charge in [-0.15, -0.1) is 0 Å². The Hall–Kier alpha value is -1.62. The lowest BCUT2D eigenvalue weighted by Crippen LogP contribution is -2.50. The predicted molar refractivity (Wildman–Crippen MR) is 54.0 cm³/mol. The van der Waals surface area contributed by atoms with E-state index in [-0.39, 0.29) is 10.6 Å². The lowest BCUT2D eigenvalue weighted by Gasteiger charge is -2.04. The third kappa shape index (κ3) is 2.70. The van der Waals surface area contributed by atoms with Gasteiger partial charge in [-0.1, -0.05) is 12.1 Å². The van der Waals surface area contributed by atoms with Gasteiger partial charge < -0.3 is 11.1 Å². The fourth-order valence-corrected chi connectivity index (χ4v) is 1.13. The summed E-state index contributed by atoms with van der Waals surface area (Å²) >= 11 is 0. The molecule has 76 valence electrons. The molecule has 0 aromatic heterocycles. The molecule has 0 aliphatic heterocycles. The Bertz CT molecular complexity index is 315. The van der Waals surface area contributed by atoms with Crippen LogP contribution in [0.4, 0.5) is 11.4 Å². The van der Waals surface area contributed by atoms with Crippen LogP contribution in [0.25, 0.3) is 0 Å². The first-order valence-electron chi connectivity index (χ1n) is 4.52. The van der Waals surface area contributed by atoms with E-state index in [2.05, 4.69) is 11.1 Å². The van der Waals surface area contributed by atoms with Crippen molar-refractivity contribution in [3.05, 3.63) is 34.4 Å². The smallest absolute Gasteiger partial charge is 0.292 e. The molecular formula is C9H14N3O2+. The first kappa shape index (κ1) is 10.5. The van der Waals surface area contributed by atoms with Crippen molar-refractivity contribution in [3.63, 3.8) is 0 Å². The molecule has 0 atom stereocenters. The fraction of sp³-hybridized carbons (Fsp3) is 0.333. The number of nitrogens with zero attached hydrogens (tertiary/aromatic N) is 1. The summed E-state index contributed by atoms with van der Waals surface area (Å²) in [5, 5.41) is 13.6. The van der Waals surface area contributed by atoms with Crippen LogP contribution in [0.3, 0.4) is 0 Å². The third-order valence-electron chi connectivity index (χ3n) is 1.84. The molecule has 0 radical (unpaired) electrons. The highest BCUT2D eigenvalue weighted by Gasteiger charge is 2.10. The van der Waals surface area contributed by atoms with Crippen molar-refractivity contribution in [1.29, 1.82) is 0 Å². The molecule has 5 heteroatoms. The van der Waals surface area contributed by atoms with Gasteiger partial charge in [0.15, 0.2) is 0 Å². The van der Waals surface area contributed by atoms with Crippen molar-refractivity contribution in [2.45, 2.75) is 6.42 Å². The number of benzene rings is 1. The van der Waals surface area contributed by atoms with Crippen molar-refractivity contribution in [2.75, 3.05) is 18.4 Å². The number of rotatable bonds is 5. The number of nitro groups is 1. The molecule has 0 saturated heterocycles. The molecule has 0 fully saturated rings. The largest absolute Gasteiger partial charge is 0.379 e. The van der Waals surface area contributed by atoms with Crippen molar-refractivity contribution >= 4 is 11.4 Å². The number of nitrogens with one attached hydrogen (secondary N) is 1. The minimum Gasteiger partial charge on any atom is -0.379 e. The van der Waals surface area contributed by atoms with E-state index < -0.39 is 0 Å². The van der Waals surface area contributed by atoms with E-state index in [1.807, 2.05) is 0 Å². The SMILES string of the molecule is [NH3+]CCCNc1ccccc1[N+](=O)[O-]. The number of nitro benzene ring substituents is 1. The van der Waals surface area contributed by atoms with Gasteiger partial charge in [-0.05, 0) is 6.07 Å². The second kappa shape index (κ2) is 5.18. The van der Waals surface area contributed by atoms with E-state index in [0.717, 1.165) is 13.0 Å². The molecule has 0 unspecified atom stereocenters. The summed E-state index contributed by atoms with van der Waals surface area (Å²) in [6.07, 6.45) is 0.909. The maximum Gasteiger partial charge on any atom is 0.292 e. The van der Waals surface area contributed by atoms with E-state index >= 15 is 0 Å². The molecule has 0 heterocycles. The van der Waals surface area contributed by atoms with Crippen molar-refractivity contribution in [2.24, 2.45) is 0 Å². The van der Waals surface area contributed by atoms with Crippen LogP contribution in [-0.2, 0) is 0 Å². The molecule has 14 heavy (non-hydrogen) atoms. The highest BCUT2D eigenvalue weighted by molar-refractivity contribution is 5.60. The molecule has 1 aromatic carbocycles. The fourth-order valence-electron chi connectivity index (χ4n) is 1.13. The minimum atomic E-state index is -0.382. The molecule has 5 nitrogen and oxygen atoms in total. The number of hydrogen-bond acceptors (Lipinski definition) is 3. The summed E-state index contributed by atoms with van der Waals surface area (Å²) in [5.74, 6) is 0. The monoisotopic (exact) mass is 196 g/mol. The first-order chi connectivity index (χ1) is 6.75. The lowest BCUT2D eigenvalue weighted by molar-refractivity contribution is -0.384. The van der Waals surface area contributed by atoms with E-state index in [1.54, 1.807) is 18.2 Å². The maximum atomic E-state index is 10.6. The van der Waals surface area contributed by atoms with E-state index in [0.29, 0.717) is 12.2 Å². The quantitative estimate of drug-likeness (QED) is 0.412. The zero-order valence-corrected chi connectivity index (χ0v) is 7.90. The van der Waals surface area contributed by atoms with Gasteiger partial charge >= 0.3 is 0 Å². The molecule has 0 amide bonds. The Kier molecular flexibility index (Phi) is 3.87. The molecule has 4 N–H and O–H groups in total. The molecule has 1 rings (SSSR count). The normalized spacial score (nSPS) is 9.79. The zero-order chi connectivity index (χ0) is 10.4. The highest BCUT2D eigenvalue weighted by atomic mass is 16.6. The number of para-hydroxylation sites is 2. The molecule has 0 spiro atoms. The number of hydrogen-bond donors (Lipinski definition) is 2. The van der Waals surface area contributed by atoms with Crippen LogP contribution in [0.1, 0.15) is 6.42 Å². The van der Waals surface area contributed by atoms with Gasteiger partial charge in [0.05, 0.1) is 11.5 Å². The Morgan fingerprint density at radius 3 is 2.79 bits per heavy atom. The van der Waals surface area contributed by atoms with Gasteiger partial charge in [0.2, 0.25) is 0 Å². The van der Waals surface area contributed by atoms with Gasteiger partial charge in [0.25, 0.3) is 5.69 Å². The third-order valence-corrected chi connectivity index (χ3v) is 1.84. The van der Waals surface area contributed by atoms with Crippen molar-refractivity contribution < 1.29 is 10.7 Å². The van der Waals surface area contributed by atoms with Gasteiger partial charge in [0, 0.05) is 19.0 Å². The molecule has 0 saturated carbocycles. The molecule has 0 aliphatic carbocycles. The second-order valence-corrected chi connectivity index (χ2v) is 2.91. The van der Waals surface area contributed by atoms with E-state index in [9.17, 15) is 10.1 Å². The van der Waals surface area contributed by atoms with E-state index in [1.165, 1.54) is 6.07 Å². The Morgan fingerprint density at radius 1 is 1.43 bits per heavy atom. The van der Waals surface area contributed by atoms with Crippen LogP contribution < -0.4 is 11.1 Å². The van der Waals surface area contributed by atoms with Gasteiger partial charge in [-0.25, -0.2) is 0 Å². The summed E-state index contributed by atoms with van der Waals surface area (Å²) in [5.41, 5.74) is 4.40. The van der Waals surface area contributed by atoms with Crippen LogP contribution in [0.5, 0.6) is 0 Å². The van der Waals surface area contributed by atoms with Crippen molar-refractivity contribution in [3.8, 4) is 0 Å². The van der Waals surface area contributed by atoms with Crippen LogP contribution in [0, 0.1) is 10.1 Å². The molecule has 0 aliphatic rings. The second-order valence-electron chi connectivity index (χ2n) is 2.91. The van der Waals surface area contributed by atoms with Crippen molar-refractivity contribution in [1.82, 2.24) is 0 Å². The first-order valence-corrected chi connectivity index (χ1v) is 4.52. The zero-order valence-electron chi connectivity index (χ0n) is 7.90. The van der Waals surface area contributed by atoms with Crippen LogP contribution >= 0.6 is 0 Å².